The molecule has 0 saturated carbocycles. The number of fused-ring (bicyclic) bond motifs is 2. The zero-order chi connectivity index (χ0) is 35.5. The maximum Gasteiger partial charge on any atom is 0.335 e. The van der Waals surface area contributed by atoms with Crippen molar-refractivity contribution >= 4 is 57.7 Å². The first kappa shape index (κ1) is 35.4. The van der Waals surface area contributed by atoms with Crippen molar-refractivity contribution in [1.29, 1.82) is 0 Å². The van der Waals surface area contributed by atoms with Crippen molar-refractivity contribution in [3.8, 4) is 0 Å². The Balaban J connectivity index is 0.000000182. The first-order valence-electron chi connectivity index (χ1n) is 15.5. The Hall–Kier alpha value is -6.50. The van der Waals surface area contributed by atoms with Crippen LogP contribution >= 0.6 is 0 Å². The number of nitrogens with two attached hydrogens (primary N) is 3. The molecule has 8 N–H and O–H groups in total. The Morgan fingerprint density at radius 1 is 0.653 bits per heavy atom. The van der Waals surface area contributed by atoms with Crippen molar-refractivity contribution in [3.05, 3.63) is 119 Å². The highest BCUT2D eigenvalue weighted by Crippen LogP contribution is 2.21. The van der Waals surface area contributed by atoms with E-state index in [0.717, 1.165) is 48.0 Å². The van der Waals surface area contributed by atoms with Gasteiger partial charge in [-0.25, -0.2) is 14.8 Å². The van der Waals surface area contributed by atoms with Gasteiger partial charge in [-0.2, -0.15) is 0 Å². The van der Waals surface area contributed by atoms with Gasteiger partial charge in [-0.3, -0.25) is 19.7 Å². The van der Waals surface area contributed by atoms with E-state index in [1.54, 1.807) is 18.2 Å². The molecule has 0 spiro atoms. The lowest BCUT2D eigenvalue weighted by Gasteiger charge is -2.09. The van der Waals surface area contributed by atoms with Crippen LogP contribution in [-0.2, 0) is 13.1 Å². The molecule has 0 atom stereocenters. The zero-order valence-corrected chi connectivity index (χ0v) is 27.2. The van der Waals surface area contributed by atoms with Crippen LogP contribution in [0.2, 0.25) is 0 Å². The topological polar surface area (TPSA) is 214 Å². The molecule has 0 unspecified atom stereocenters. The summed E-state index contributed by atoms with van der Waals surface area (Å²) < 4.78 is 4.03. The van der Waals surface area contributed by atoms with E-state index in [9.17, 15) is 19.2 Å². The van der Waals surface area contributed by atoms with Crippen molar-refractivity contribution in [3.63, 3.8) is 0 Å². The van der Waals surface area contributed by atoms with E-state index >= 15 is 0 Å². The number of anilines is 2. The van der Waals surface area contributed by atoms with Gasteiger partial charge in [-0.15, -0.1) is 0 Å². The van der Waals surface area contributed by atoms with Crippen LogP contribution in [-0.4, -0.2) is 47.9 Å². The minimum atomic E-state index is -1.07. The third-order valence-corrected chi connectivity index (χ3v) is 7.26. The number of carboxylic acids is 1. The second-order valence-electron chi connectivity index (χ2n) is 10.8. The number of primary amides is 2. The molecule has 0 aliphatic heterocycles. The molecule has 49 heavy (non-hydrogen) atoms. The first-order valence-corrected chi connectivity index (χ1v) is 15.5. The Bertz CT molecular complexity index is 2090. The van der Waals surface area contributed by atoms with Gasteiger partial charge in [-0.05, 0) is 73.5 Å². The molecule has 0 saturated heterocycles. The number of benzene rings is 4. The smallest absolute Gasteiger partial charge is 0.335 e. The summed E-state index contributed by atoms with van der Waals surface area (Å²) in [6, 6.07) is 27.6. The summed E-state index contributed by atoms with van der Waals surface area (Å²) in [5.41, 5.74) is 20.8. The number of carbonyl (C=O) groups excluding carboxylic acids is 3. The Morgan fingerprint density at radius 2 is 1.12 bits per heavy atom. The largest absolute Gasteiger partial charge is 0.478 e. The Morgan fingerprint density at radius 3 is 1.67 bits per heavy atom. The van der Waals surface area contributed by atoms with Crippen LogP contribution < -0.4 is 22.5 Å². The molecule has 6 rings (SSSR count). The van der Waals surface area contributed by atoms with Gasteiger partial charge < -0.3 is 31.4 Å². The van der Waals surface area contributed by atoms with E-state index in [1.165, 1.54) is 30.3 Å². The minimum absolute atomic E-state index is 0.0614. The highest BCUT2D eigenvalue weighted by Gasteiger charge is 2.15. The van der Waals surface area contributed by atoms with Gasteiger partial charge in [0.2, 0.25) is 23.7 Å². The van der Waals surface area contributed by atoms with Crippen molar-refractivity contribution in [2.24, 2.45) is 11.5 Å². The predicted molar refractivity (Wildman–Crippen MR) is 189 cm³/mol. The van der Waals surface area contributed by atoms with Gasteiger partial charge in [0.25, 0.3) is 5.91 Å². The molecule has 0 aliphatic carbocycles. The van der Waals surface area contributed by atoms with E-state index in [0.29, 0.717) is 23.0 Å². The monoisotopic (exact) mass is 662 g/mol. The number of imidazole rings is 2. The molecular formula is C36H38N8O5. The van der Waals surface area contributed by atoms with Crippen molar-refractivity contribution in [1.82, 2.24) is 19.1 Å². The predicted octanol–water partition coefficient (Wildman–Crippen LogP) is 5.31. The molecule has 0 bridgehead atoms. The number of nitrogen functional groups attached to an aromatic ring is 1. The van der Waals surface area contributed by atoms with Gasteiger partial charge in [0.15, 0.2) is 0 Å². The molecule has 252 valence electrons. The highest BCUT2D eigenvalue weighted by atomic mass is 16.4. The fourth-order valence-electron chi connectivity index (χ4n) is 4.97. The number of carbonyl (C=O) groups is 4. The second kappa shape index (κ2) is 16.4. The molecule has 6 aromatic rings. The maximum atomic E-state index is 12.5. The minimum Gasteiger partial charge on any atom is -0.478 e. The van der Waals surface area contributed by atoms with E-state index in [2.05, 4.69) is 33.7 Å². The van der Waals surface area contributed by atoms with Crippen LogP contribution in [0.15, 0.2) is 97.1 Å². The number of amides is 3. The van der Waals surface area contributed by atoms with Crippen LogP contribution in [0.1, 0.15) is 68.1 Å². The molecule has 0 radical (unpaired) electrons. The molecule has 0 aliphatic rings. The summed E-state index contributed by atoms with van der Waals surface area (Å²) in [7, 11) is 0. The van der Waals surface area contributed by atoms with E-state index in [1.807, 2.05) is 53.1 Å². The number of aromatic nitrogens is 4. The number of aryl methyl sites for hydroxylation is 2. The summed E-state index contributed by atoms with van der Waals surface area (Å²) >= 11 is 0. The van der Waals surface area contributed by atoms with Gasteiger partial charge in [-0.1, -0.05) is 50.2 Å². The van der Waals surface area contributed by atoms with E-state index in [-0.39, 0.29) is 17.0 Å². The molecule has 2 aromatic heterocycles. The number of para-hydroxylation sites is 4. The number of hydrogen-bond acceptors (Lipinski definition) is 7. The molecule has 4 aromatic carbocycles. The SMILES string of the molecule is CCCn1c(N)nc2ccccc21.CCCn1c(NC(=O)c2cccc(C(N)=O)c2)nc2ccccc21.NC(=O)c1cccc(C(=O)O)c1. The van der Waals surface area contributed by atoms with Gasteiger partial charge in [0.1, 0.15) is 0 Å². The molecule has 2 heterocycles. The fraction of sp³-hybridized carbons (Fsp3) is 0.167. The van der Waals surface area contributed by atoms with Crippen molar-refractivity contribution in [2.45, 2.75) is 39.8 Å². The first-order chi connectivity index (χ1) is 23.5. The Labute approximate surface area is 282 Å². The van der Waals surface area contributed by atoms with Crippen LogP contribution in [0.5, 0.6) is 0 Å². The molecular weight excluding hydrogens is 624 g/mol. The average molecular weight is 663 g/mol. The number of rotatable bonds is 9. The Kier molecular flexibility index (Phi) is 11.8. The normalized spacial score (nSPS) is 10.4. The average Bonchev–Trinajstić information content (AvgIpc) is 3.61. The fourth-order valence-corrected chi connectivity index (χ4v) is 4.97. The lowest BCUT2D eigenvalue weighted by atomic mass is 10.1. The summed E-state index contributed by atoms with van der Waals surface area (Å²) in [6.45, 7) is 5.88. The van der Waals surface area contributed by atoms with Gasteiger partial charge in [0, 0.05) is 29.8 Å². The molecule has 0 fully saturated rings. The number of nitrogens with zero attached hydrogens (tertiary/aromatic N) is 4. The maximum absolute atomic E-state index is 12.5. The third-order valence-electron chi connectivity index (χ3n) is 7.26. The van der Waals surface area contributed by atoms with Crippen molar-refractivity contribution in [2.75, 3.05) is 11.1 Å². The number of hydrogen-bond donors (Lipinski definition) is 5. The molecule has 13 heteroatoms. The van der Waals surface area contributed by atoms with Crippen LogP contribution in [0.3, 0.4) is 0 Å². The van der Waals surface area contributed by atoms with Crippen LogP contribution in [0, 0.1) is 0 Å². The van der Waals surface area contributed by atoms with Crippen LogP contribution in [0.4, 0.5) is 11.9 Å². The summed E-state index contributed by atoms with van der Waals surface area (Å²) in [5.74, 6) is -1.49. The van der Waals surface area contributed by atoms with Crippen LogP contribution in [0.25, 0.3) is 22.1 Å². The molecule has 13 nitrogen and oxygen atoms in total. The van der Waals surface area contributed by atoms with Crippen molar-refractivity contribution < 1.29 is 24.3 Å². The standard InChI is InChI=1S/C18H18N4O2.C10H13N3.C8H7NO3/c1-2-10-22-15-9-4-3-8-14(15)20-18(22)21-17(24)13-7-5-6-12(11-13)16(19)23;1-2-7-13-9-6-4-3-5-8(9)12-10(13)11;9-7(10)5-2-1-3-6(4-5)8(11)12/h3-9,11H,2,10H2,1H3,(H2,19,23)(H,20,21,24);3-6H,2,7H2,1H3,(H2,11,12);1-4H,(H2,9,10)(H,11,12). The van der Waals surface area contributed by atoms with Gasteiger partial charge in [0.05, 0.1) is 27.6 Å². The number of aromatic carboxylic acids is 1. The van der Waals surface area contributed by atoms with E-state index in [4.69, 9.17) is 22.3 Å². The number of nitrogens with one attached hydrogen (secondary N) is 1. The van der Waals surface area contributed by atoms with Gasteiger partial charge >= 0.3 is 5.97 Å². The summed E-state index contributed by atoms with van der Waals surface area (Å²) in [6.07, 6.45) is 1.99. The third kappa shape index (κ3) is 8.86. The lowest BCUT2D eigenvalue weighted by Crippen LogP contribution is -2.17. The summed E-state index contributed by atoms with van der Waals surface area (Å²) in [4.78, 5) is 53.6. The second-order valence-corrected chi connectivity index (χ2v) is 10.8. The van der Waals surface area contributed by atoms with E-state index < -0.39 is 17.8 Å². The number of carboxylic acid groups (broad SMARTS) is 1. The highest BCUT2D eigenvalue weighted by molar-refractivity contribution is 6.06. The zero-order valence-electron chi connectivity index (χ0n) is 27.2. The lowest BCUT2D eigenvalue weighted by molar-refractivity contribution is 0.0696. The quantitative estimate of drug-likeness (QED) is 0.136. The molecule has 3 amide bonds. The summed E-state index contributed by atoms with van der Waals surface area (Å²) in [5, 5.41) is 11.4.